The molecule has 8 heteroatoms. The topological polar surface area (TPSA) is 78.5 Å². The summed E-state index contributed by atoms with van der Waals surface area (Å²) in [5.41, 5.74) is 0.748. The minimum absolute atomic E-state index is 0.0471. The average Bonchev–Trinajstić information content (AvgIpc) is 3.25. The van der Waals surface area contributed by atoms with Crippen LogP contribution in [-0.4, -0.2) is 45.4 Å². The summed E-state index contributed by atoms with van der Waals surface area (Å²) < 4.78 is 40.2. The van der Waals surface area contributed by atoms with Crippen molar-refractivity contribution < 1.29 is 17.6 Å². The number of halogens is 1. The zero-order valence-corrected chi connectivity index (χ0v) is 15.4. The lowest BCUT2D eigenvalue weighted by Crippen LogP contribution is -2.31. The van der Waals surface area contributed by atoms with Crippen LogP contribution in [-0.2, 0) is 10.0 Å². The Hall–Kier alpha value is -2.45. The Bertz CT molecular complexity index is 933. The maximum absolute atomic E-state index is 12.9. The number of likely N-dealkylation sites (tertiary alicyclic amines) is 1. The molecule has 0 spiro atoms. The summed E-state index contributed by atoms with van der Waals surface area (Å²) >= 11 is 0. The van der Waals surface area contributed by atoms with E-state index in [0.29, 0.717) is 17.4 Å². The predicted molar refractivity (Wildman–Crippen MR) is 99.4 cm³/mol. The molecule has 2 fully saturated rings. The maximum atomic E-state index is 12.9. The van der Waals surface area contributed by atoms with Crippen LogP contribution in [0.1, 0.15) is 10.4 Å². The minimum Gasteiger partial charge on any atom is -0.338 e. The van der Waals surface area contributed by atoms with Crippen molar-refractivity contribution >= 4 is 21.6 Å². The van der Waals surface area contributed by atoms with Crippen molar-refractivity contribution in [3.8, 4) is 0 Å². The summed E-state index contributed by atoms with van der Waals surface area (Å²) in [5, 5.41) is 3.34. The number of nitrogens with zero attached hydrogens (tertiary/aromatic N) is 1. The smallest absolute Gasteiger partial charge is 0.261 e. The van der Waals surface area contributed by atoms with Gasteiger partial charge in [-0.05, 0) is 60.4 Å². The number of benzene rings is 2. The molecule has 2 heterocycles. The molecule has 4 rings (SSSR count). The predicted octanol–water partition coefficient (Wildman–Crippen LogP) is 1.92. The van der Waals surface area contributed by atoms with E-state index >= 15 is 0 Å². The molecule has 1 amide bonds. The van der Waals surface area contributed by atoms with Crippen molar-refractivity contribution in [2.45, 2.75) is 4.90 Å². The third kappa shape index (κ3) is 3.68. The van der Waals surface area contributed by atoms with E-state index in [1.54, 1.807) is 0 Å². The van der Waals surface area contributed by atoms with Crippen LogP contribution < -0.4 is 10.0 Å². The third-order valence-corrected chi connectivity index (χ3v) is 6.58. The van der Waals surface area contributed by atoms with Gasteiger partial charge in [0.25, 0.3) is 15.9 Å². The zero-order valence-electron chi connectivity index (χ0n) is 14.6. The Morgan fingerprint density at radius 1 is 1.00 bits per heavy atom. The number of fused-ring (bicyclic) bond motifs is 1. The van der Waals surface area contributed by atoms with Crippen LogP contribution in [0.5, 0.6) is 0 Å². The first-order valence-electron chi connectivity index (χ1n) is 8.81. The highest BCUT2D eigenvalue weighted by Gasteiger charge is 2.38. The first-order valence-corrected chi connectivity index (χ1v) is 10.3. The van der Waals surface area contributed by atoms with Gasteiger partial charge in [0.05, 0.1) is 4.90 Å². The standard InChI is InChI=1S/C19H20FN3O3S/c20-16-3-5-17(6-4-16)22-27(25,26)18-7-1-13(2-8-18)19(24)23-11-14-9-21-10-15(14)12-23/h1-8,14-15,21-22H,9-12H2/t14-,15+. The number of anilines is 1. The molecular formula is C19H20FN3O3S. The van der Waals surface area contributed by atoms with Crippen molar-refractivity contribution in [2.75, 3.05) is 30.9 Å². The molecule has 0 radical (unpaired) electrons. The summed E-state index contributed by atoms with van der Waals surface area (Å²) in [4.78, 5) is 14.6. The van der Waals surface area contributed by atoms with E-state index in [-0.39, 0.29) is 16.5 Å². The summed E-state index contributed by atoms with van der Waals surface area (Å²) in [5.74, 6) is 0.504. The fourth-order valence-electron chi connectivity index (χ4n) is 3.71. The molecule has 142 valence electrons. The Labute approximate surface area is 157 Å². The molecule has 0 aromatic heterocycles. The fraction of sp³-hybridized carbons (Fsp3) is 0.316. The van der Waals surface area contributed by atoms with E-state index in [1.165, 1.54) is 48.5 Å². The van der Waals surface area contributed by atoms with Gasteiger partial charge in [0.1, 0.15) is 5.82 Å². The van der Waals surface area contributed by atoms with Gasteiger partial charge in [0, 0.05) is 37.4 Å². The van der Waals surface area contributed by atoms with Gasteiger partial charge >= 0.3 is 0 Å². The van der Waals surface area contributed by atoms with E-state index in [1.807, 2.05) is 4.90 Å². The number of amides is 1. The van der Waals surface area contributed by atoms with E-state index in [9.17, 15) is 17.6 Å². The van der Waals surface area contributed by atoms with Gasteiger partial charge in [-0.25, -0.2) is 12.8 Å². The second-order valence-electron chi connectivity index (χ2n) is 7.03. The number of hydrogen-bond donors (Lipinski definition) is 2. The van der Waals surface area contributed by atoms with Crippen LogP contribution in [0.15, 0.2) is 53.4 Å². The first kappa shape index (κ1) is 17.9. The number of carbonyl (C=O) groups is 1. The Morgan fingerprint density at radius 3 is 2.19 bits per heavy atom. The highest BCUT2D eigenvalue weighted by Crippen LogP contribution is 2.27. The van der Waals surface area contributed by atoms with Crippen LogP contribution in [0.3, 0.4) is 0 Å². The Balaban J connectivity index is 1.46. The molecule has 0 unspecified atom stereocenters. The van der Waals surface area contributed by atoms with Gasteiger partial charge in [0.15, 0.2) is 0 Å². The number of nitrogens with one attached hydrogen (secondary N) is 2. The number of carbonyl (C=O) groups excluding carboxylic acids is 1. The second-order valence-corrected chi connectivity index (χ2v) is 8.71. The monoisotopic (exact) mass is 389 g/mol. The quantitative estimate of drug-likeness (QED) is 0.838. The molecule has 2 aliphatic rings. The van der Waals surface area contributed by atoms with Crippen molar-refractivity contribution in [2.24, 2.45) is 11.8 Å². The van der Waals surface area contributed by atoms with Gasteiger partial charge in [-0.3, -0.25) is 9.52 Å². The molecule has 2 aliphatic heterocycles. The van der Waals surface area contributed by atoms with E-state index < -0.39 is 15.8 Å². The van der Waals surface area contributed by atoms with Crippen LogP contribution >= 0.6 is 0 Å². The lowest BCUT2D eigenvalue weighted by Gasteiger charge is -2.17. The summed E-state index contributed by atoms with van der Waals surface area (Å²) in [7, 11) is -3.81. The molecule has 6 nitrogen and oxygen atoms in total. The van der Waals surface area contributed by atoms with Crippen molar-refractivity contribution in [3.05, 3.63) is 59.9 Å². The molecule has 0 bridgehead atoms. The molecule has 2 aromatic carbocycles. The van der Waals surface area contributed by atoms with Crippen LogP contribution in [0.25, 0.3) is 0 Å². The molecule has 2 saturated heterocycles. The van der Waals surface area contributed by atoms with Crippen molar-refractivity contribution in [1.82, 2.24) is 10.2 Å². The molecule has 2 atom stereocenters. The van der Waals surface area contributed by atoms with Gasteiger partial charge in [-0.2, -0.15) is 0 Å². The Kier molecular flexibility index (Phi) is 4.61. The minimum atomic E-state index is -3.81. The van der Waals surface area contributed by atoms with Gasteiger partial charge in [0.2, 0.25) is 0 Å². The van der Waals surface area contributed by atoms with Crippen LogP contribution in [0, 0.1) is 17.7 Å². The third-order valence-electron chi connectivity index (χ3n) is 5.18. The second kappa shape index (κ2) is 6.94. The molecule has 0 saturated carbocycles. The van der Waals surface area contributed by atoms with E-state index in [2.05, 4.69) is 10.0 Å². The number of hydrogen-bond acceptors (Lipinski definition) is 4. The molecule has 2 aromatic rings. The lowest BCUT2D eigenvalue weighted by molar-refractivity contribution is 0.0781. The van der Waals surface area contributed by atoms with Crippen molar-refractivity contribution in [1.29, 1.82) is 0 Å². The largest absolute Gasteiger partial charge is 0.338 e. The van der Waals surface area contributed by atoms with Gasteiger partial charge < -0.3 is 10.2 Å². The summed E-state index contributed by atoms with van der Waals surface area (Å²) in [6, 6.07) is 11.0. The Morgan fingerprint density at radius 2 is 1.59 bits per heavy atom. The fourth-order valence-corrected chi connectivity index (χ4v) is 4.77. The van der Waals surface area contributed by atoms with E-state index in [4.69, 9.17) is 0 Å². The molecule has 2 N–H and O–H groups in total. The molecule has 27 heavy (non-hydrogen) atoms. The highest BCUT2D eigenvalue weighted by molar-refractivity contribution is 7.92. The highest BCUT2D eigenvalue weighted by atomic mass is 32.2. The maximum Gasteiger partial charge on any atom is 0.261 e. The van der Waals surface area contributed by atoms with Gasteiger partial charge in [-0.15, -0.1) is 0 Å². The average molecular weight is 389 g/mol. The normalized spacial score (nSPS) is 21.9. The lowest BCUT2D eigenvalue weighted by atomic mass is 10.0. The first-order chi connectivity index (χ1) is 12.9. The molecule has 0 aliphatic carbocycles. The SMILES string of the molecule is O=C(c1ccc(S(=O)(=O)Nc2ccc(F)cc2)cc1)N1C[C@H]2CNC[C@H]2C1. The number of sulfonamides is 1. The van der Waals surface area contributed by atoms with Crippen LogP contribution in [0.4, 0.5) is 10.1 Å². The summed E-state index contributed by atoms with van der Waals surface area (Å²) in [6.45, 7) is 3.37. The molecular weight excluding hydrogens is 369 g/mol. The number of rotatable bonds is 4. The van der Waals surface area contributed by atoms with Crippen LogP contribution in [0.2, 0.25) is 0 Å². The van der Waals surface area contributed by atoms with Gasteiger partial charge in [-0.1, -0.05) is 0 Å². The summed E-state index contributed by atoms with van der Waals surface area (Å²) in [6.07, 6.45) is 0. The van der Waals surface area contributed by atoms with E-state index in [0.717, 1.165) is 26.2 Å². The zero-order chi connectivity index (χ0) is 19.0. The van der Waals surface area contributed by atoms with Crippen molar-refractivity contribution in [3.63, 3.8) is 0 Å².